The third kappa shape index (κ3) is 2.30. The van der Waals surface area contributed by atoms with Crippen LogP contribution in [0.15, 0.2) is 35.1 Å². The molecule has 0 saturated carbocycles. The van der Waals surface area contributed by atoms with Crippen LogP contribution in [0.5, 0.6) is 0 Å². The van der Waals surface area contributed by atoms with Gasteiger partial charge in [0, 0.05) is 22.6 Å². The zero-order valence-corrected chi connectivity index (χ0v) is 10.3. The summed E-state index contributed by atoms with van der Waals surface area (Å²) in [5, 5.41) is 3.15. The van der Waals surface area contributed by atoms with Gasteiger partial charge in [-0.2, -0.15) is 0 Å². The third-order valence-electron chi connectivity index (χ3n) is 2.18. The number of nitrogen functional groups attached to an aromatic ring is 1. The molecule has 2 aromatic rings. The van der Waals surface area contributed by atoms with Gasteiger partial charge in [-0.05, 0) is 24.6 Å². The highest BCUT2D eigenvalue weighted by atomic mass is 79.9. The van der Waals surface area contributed by atoms with Gasteiger partial charge >= 0.3 is 0 Å². The second-order valence-corrected chi connectivity index (χ2v) is 4.29. The maximum atomic E-state index is 5.71. The maximum absolute atomic E-state index is 5.71. The number of nitrogens with one attached hydrogen (secondary N) is 1. The smallest absolute Gasteiger partial charge is 0.173 e. The minimum Gasteiger partial charge on any atom is -0.381 e. The number of halogens is 1. The predicted molar refractivity (Wildman–Crippen MR) is 68.6 cm³/mol. The molecule has 0 radical (unpaired) electrons. The molecule has 16 heavy (non-hydrogen) atoms. The quantitative estimate of drug-likeness (QED) is 0.887. The van der Waals surface area contributed by atoms with E-state index in [1.165, 1.54) is 0 Å². The van der Waals surface area contributed by atoms with E-state index in [2.05, 4.69) is 31.2 Å². The number of nitrogens with two attached hydrogens (primary N) is 1. The summed E-state index contributed by atoms with van der Waals surface area (Å²) < 4.78 is 1.00. The highest BCUT2D eigenvalue weighted by molar-refractivity contribution is 9.10. The first-order valence-electron chi connectivity index (χ1n) is 4.76. The lowest BCUT2D eigenvalue weighted by atomic mass is 10.2. The first-order chi connectivity index (χ1) is 7.66. The fraction of sp³-hybridized carbons (Fsp3) is 0.0909. The molecule has 1 aromatic carbocycles. The summed E-state index contributed by atoms with van der Waals surface area (Å²) in [5.74, 6) is 0.963. The van der Waals surface area contributed by atoms with E-state index in [0.29, 0.717) is 11.6 Å². The number of aryl methyl sites for hydroxylation is 1. The van der Waals surface area contributed by atoms with E-state index >= 15 is 0 Å². The van der Waals surface area contributed by atoms with Gasteiger partial charge in [-0.1, -0.05) is 22.0 Å². The summed E-state index contributed by atoms with van der Waals surface area (Å²) in [6.07, 6.45) is 3.17. The van der Waals surface area contributed by atoms with E-state index in [4.69, 9.17) is 5.73 Å². The van der Waals surface area contributed by atoms with Crippen LogP contribution in [0, 0.1) is 6.92 Å². The molecule has 4 nitrogen and oxygen atoms in total. The number of anilines is 3. The Morgan fingerprint density at radius 2 is 2.00 bits per heavy atom. The van der Waals surface area contributed by atoms with Crippen LogP contribution in [0.4, 0.5) is 17.3 Å². The molecular formula is C11H11BrN4. The van der Waals surface area contributed by atoms with E-state index in [9.17, 15) is 0 Å². The van der Waals surface area contributed by atoms with Crippen molar-refractivity contribution in [2.75, 3.05) is 11.1 Å². The fourth-order valence-electron chi connectivity index (χ4n) is 1.30. The number of aromatic nitrogens is 2. The van der Waals surface area contributed by atoms with Crippen LogP contribution in [0.1, 0.15) is 5.56 Å². The lowest BCUT2D eigenvalue weighted by Crippen LogP contribution is -2.01. The van der Waals surface area contributed by atoms with Crippen molar-refractivity contribution in [2.24, 2.45) is 0 Å². The molecule has 0 atom stereocenters. The van der Waals surface area contributed by atoms with Gasteiger partial charge in [-0.3, -0.25) is 0 Å². The summed E-state index contributed by atoms with van der Waals surface area (Å²) in [4.78, 5) is 8.10. The number of hydrogen-bond donors (Lipinski definition) is 2. The first-order valence-corrected chi connectivity index (χ1v) is 5.56. The van der Waals surface area contributed by atoms with Gasteiger partial charge in [0.25, 0.3) is 0 Å². The Morgan fingerprint density at radius 1 is 1.25 bits per heavy atom. The standard InChI is InChI=1S/C11H11BrN4/c1-7-2-3-8(12)6-9(7)16-11-10(13)14-4-5-15-11/h2-6H,1H3,(H2,13,14)(H,15,16). The molecule has 1 heterocycles. The Balaban J connectivity index is 2.34. The Kier molecular flexibility index (Phi) is 3.05. The van der Waals surface area contributed by atoms with Crippen LogP contribution >= 0.6 is 15.9 Å². The van der Waals surface area contributed by atoms with Crippen LogP contribution < -0.4 is 11.1 Å². The second kappa shape index (κ2) is 4.49. The average molecular weight is 279 g/mol. The second-order valence-electron chi connectivity index (χ2n) is 3.37. The molecule has 0 aliphatic carbocycles. The van der Waals surface area contributed by atoms with E-state index in [1.54, 1.807) is 12.4 Å². The molecule has 0 aliphatic heterocycles. The maximum Gasteiger partial charge on any atom is 0.173 e. The molecule has 0 fully saturated rings. The van der Waals surface area contributed by atoms with Gasteiger partial charge in [0.05, 0.1) is 0 Å². The first kappa shape index (κ1) is 10.9. The van der Waals surface area contributed by atoms with Crippen LogP contribution in [0.25, 0.3) is 0 Å². The van der Waals surface area contributed by atoms with Crippen LogP contribution in [-0.2, 0) is 0 Å². The zero-order valence-electron chi connectivity index (χ0n) is 8.74. The Morgan fingerprint density at radius 3 is 2.75 bits per heavy atom. The molecule has 0 amide bonds. The monoisotopic (exact) mass is 278 g/mol. The van der Waals surface area contributed by atoms with Crippen LogP contribution in [0.3, 0.4) is 0 Å². The van der Waals surface area contributed by atoms with Crippen LogP contribution in [-0.4, -0.2) is 9.97 Å². The van der Waals surface area contributed by atoms with Gasteiger partial charge in [0.15, 0.2) is 11.6 Å². The largest absolute Gasteiger partial charge is 0.381 e. The van der Waals surface area contributed by atoms with E-state index < -0.39 is 0 Å². The van der Waals surface area contributed by atoms with Crippen molar-refractivity contribution in [3.05, 3.63) is 40.6 Å². The topological polar surface area (TPSA) is 63.8 Å². The Labute approximate surface area is 102 Å². The van der Waals surface area contributed by atoms with Crippen LogP contribution in [0.2, 0.25) is 0 Å². The van der Waals surface area contributed by atoms with Crippen molar-refractivity contribution < 1.29 is 0 Å². The SMILES string of the molecule is Cc1ccc(Br)cc1Nc1nccnc1N. The van der Waals surface area contributed by atoms with E-state index in [-0.39, 0.29) is 0 Å². The van der Waals surface area contributed by atoms with E-state index in [1.807, 2.05) is 25.1 Å². The number of hydrogen-bond acceptors (Lipinski definition) is 4. The van der Waals surface area contributed by atoms with Gasteiger partial charge < -0.3 is 11.1 Å². The fourth-order valence-corrected chi connectivity index (χ4v) is 1.66. The minimum absolute atomic E-state index is 0.391. The third-order valence-corrected chi connectivity index (χ3v) is 2.67. The average Bonchev–Trinajstić information content (AvgIpc) is 2.27. The zero-order chi connectivity index (χ0) is 11.5. The van der Waals surface area contributed by atoms with Crippen molar-refractivity contribution in [1.29, 1.82) is 0 Å². The summed E-state index contributed by atoms with van der Waals surface area (Å²) in [6.45, 7) is 2.02. The molecule has 0 saturated heterocycles. The normalized spacial score (nSPS) is 10.1. The molecule has 5 heteroatoms. The van der Waals surface area contributed by atoms with Crippen molar-refractivity contribution in [1.82, 2.24) is 9.97 Å². The Hall–Kier alpha value is -1.62. The Bertz CT molecular complexity index is 513. The summed E-state index contributed by atoms with van der Waals surface area (Å²) in [5.41, 5.74) is 7.79. The van der Waals surface area contributed by atoms with Crippen molar-refractivity contribution in [3.63, 3.8) is 0 Å². The summed E-state index contributed by atoms with van der Waals surface area (Å²) in [7, 11) is 0. The summed E-state index contributed by atoms with van der Waals surface area (Å²) in [6, 6.07) is 5.98. The molecule has 0 aliphatic rings. The molecule has 2 rings (SSSR count). The van der Waals surface area contributed by atoms with Crippen molar-refractivity contribution in [3.8, 4) is 0 Å². The van der Waals surface area contributed by atoms with Gasteiger partial charge in [-0.15, -0.1) is 0 Å². The van der Waals surface area contributed by atoms with Gasteiger partial charge in [0.2, 0.25) is 0 Å². The van der Waals surface area contributed by atoms with Crippen molar-refractivity contribution >= 4 is 33.3 Å². The van der Waals surface area contributed by atoms with Gasteiger partial charge in [-0.25, -0.2) is 9.97 Å². The minimum atomic E-state index is 0.391. The number of nitrogens with zero attached hydrogens (tertiary/aromatic N) is 2. The molecule has 0 spiro atoms. The lowest BCUT2D eigenvalue weighted by molar-refractivity contribution is 1.20. The highest BCUT2D eigenvalue weighted by Gasteiger charge is 2.04. The molecular weight excluding hydrogens is 268 g/mol. The summed E-state index contributed by atoms with van der Waals surface area (Å²) >= 11 is 3.42. The molecule has 3 N–H and O–H groups in total. The molecule has 0 bridgehead atoms. The van der Waals surface area contributed by atoms with Gasteiger partial charge in [0.1, 0.15) is 0 Å². The lowest BCUT2D eigenvalue weighted by Gasteiger charge is -2.10. The van der Waals surface area contributed by atoms with E-state index in [0.717, 1.165) is 15.7 Å². The molecule has 0 unspecified atom stereocenters. The number of rotatable bonds is 2. The highest BCUT2D eigenvalue weighted by Crippen LogP contribution is 2.24. The number of benzene rings is 1. The molecule has 82 valence electrons. The van der Waals surface area contributed by atoms with Crippen molar-refractivity contribution in [2.45, 2.75) is 6.92 Å². The molecule has 1 aromatic heterocycles. The predicted octanol–water partition coefficient (Wildman–Crippen LogP) is 2.87.